The van der Waals surface area contributed by atoms with E-state index in [1.165, 1.54) is 11.3 Å². The minimum atomic E-state index is -0.900. The highest BCUT2D eigenvalue weighted by atomic mass is 32.1. The monoisotopic (exact) mass is 197 g/mol. The van der Waals surface area contributed by atoms with Crippen LogP contribution in [0.2, 0.25) is 0 Å². The molecule has 0 radical (unpaired) electrons. The van der Waals surface area contributed by atoms with Crippen molar-refractivity contribution in [1.82, 2.24) is 4.98 Å². The van der Waals surface area contributed by atoms with Gasteiger partial charge in [0.25, 0.3) is 0 Å². The summed E-state index contributed by atoms with van der Waals surface area (Å²) in [5.74, 6) is -0.900. The van der Waals surface area contributed by atoms with Gasteiger partial charge in [0.15, 0.2) is 0 Å². The van der Waals surface area contributed by atoms with Crippen LogP contribution in [0.5, 0.6) is 0 Å². The molecule has 0 spiro atoms. The zero-order valence-corrected chi connectivity index (χ0v) is 8.60. The van der Waals surface area contributed by atoms with Gasteiger partial charge in [0.2, 0.25) is 0 Å². The predicted molar refractivity (Wildman–Crippen MR) is 53.1 cm³/mol. The molecule has 1 aromatic rings. The molecular formula is C9H11NO2S. The first-order valence-corrected chi connectivity index (χ1v) is 4.68. The molecule has 0 aliphatic carbocycles. The lowest BCUT2D eigenvalue weighted by molar-refractivity contribution is 0.0701. The third-order valence-corrected chi connectivity index (χ3v) is 2.51. The summed E-state index contributed by atoms with van der Waals surface area (Å²) in [7, 11) is 0. The Bertz CT molecular complexity index is 362. The number of hydrogen-bond acceptors (Lipinski definition) is 3. The maximum atomic E-state index is 10.7. The smallest absolute Gasteiger partial charge is 0.347 e. The van der Waals surface area contributed by atoms with Crippen LogP contribution in [0.15, 0.2) is 5.57 Å². The average Bonchev–Trinajstić information content (AvgIpc) is 2.29. The largest absolute Gasteiger partial charge is 0.477 e. The number of aromatic carboxylic acids is 1. The Hall–Kier alpha value is -1.16. The van der Waals surface area contributed by atoms with Crippen LogP contribution in [-0.4, -0.2) is 16.1 Å². The van der Waals surface area contributed by atoms with E-state index in [1.54, 1.807) is 6.92 Å². The van der Waals surface area contributed by atoms with Crippen LogP contribution in [-0.2, 0) is 0 Å². The van der Waals surface area contributed by atoms with E-state index >= 15 is 0 Å². The molecule has 70 valence electrons. The van der Waals surface area contributed by atoms with Gasteiger partial charge in [-0.05, 0) is 26.8 Å². The zero-order chi connectivity index (χ0) is 10.0. The van der Waals surface area contributed by atoms with Crippen LogP contribution in [0.1, 0.15) is 34.2 Å². The molecule has 0 aliphatic heterocycles. The van der Waals surface area contributed by atoms with Crippen molar-refractivity contribution in [2.45, 2.75) is 20.8 Å². The first kappa shape index (κ1) is 9.92. The van der Waals surface area contributed by atoms with Crippen LogP contribution < -0.4 is 0 Å². The van der Waals surface area contributed by atoms with Gasteiger partial charge in [0, 0.05) is 0 Å². The first-order valence-electron chi connectivity index (χ1n) is 3.86. The summed E-state index contributed by atoms with van der Waals surface area (Å²) in [5, 5.41) is 9.52. The van der Waals surface area contributed by atoms with Gasteiger partial charge < -0.3 is 5.11 Å². The Labute approximate surface area is 80.7 Å². The number of aryl methyl sites for hydroxylation is 1. The molecule has 4 heteroatoms. The van der Waals surface area contributed by atoms with E-state index in [0.717, 1.165) is 10.6 Å². The number of rotatable bonds is 2. The number of carboxylic acids is 1. The van der Waals surface area contributed by atoms with Crippen molar-refractivity contribution in [2.75, 3.05) is 0 Å². The normalized spacial score (nSPS) is 9.77. The lowest BCUT2D eigenvalue weighted by Crippen LogP contribution is -1.94. The van der Waals surface area contributed by atoms with E-state index in [9.17, 15) is 4.79 Å². The molecular weight excluding hydrogens is 186 g/mol. The number of aromatic nitrogens is 1. The van der Waals surface area contributed by atoms with E-state index in [4.69, 9.17) is 5.11 Å². The van der Waals surface area contributed by atoms with Crippen molar-refractivity contribution in [2.24, 2.45) is 0 Å². The summed E-state index contributed by atoms with van der Waals surface area (Å²) in [6, 6.07) is 0. The Morgan fingerprint density at radius 2 is 2.15 bits per heavy atom. The van der Waals surface area contributed by atoms with Crippen molar-refractivity contribution < 1.29 is 9.90 Å². The Morgan fingerprint density at radius 1 is 1.54 bits per heavy atom. The molecule has 0 fully saturated rings. The van der Waals surface area contributed by atoms with Crippen LogP contribution in [0.25, 0.3) is 6.08 Å². The van der Waals surface area contributed by atoms with E-state index < -0.39 is 5.97 Å². The van der Waals surface area contributed by atoms with Gasteiger partial charge in [-0.15, -0.1) is 11.3 Å². The molecule has 0 aromatic carbocycles. The zero-order valence-electron chi connectivity index (χ0n) is 7.79. The molecule has 0 unspecified atom stereocenters. The molecule has 1 aromatic heterocycles. The number of allylic oxidation sites excluding steroid dienone is 1. The van der Waals surface area contributed by atoms with E-state index in [0.29, 0.717) is 10.6 Å². The predicted octanol–water partition coefficient (Wildman–Crippen LogP) is 2.57. The lowest BCUT2D eigenvalue weighted by Gasteiger charge is -1.84. The second-order valence-corrected chi connectivity index (χ2v) is 4.02. The standard InChI is InChI=1S/C9H11NO2S/c1-5(2)4-7-10-6(3)8(13-7)9(11)12/h4H,1-3H3,(H,11,12). The number of hydrogen-bond donors (Lipinski definition) is 1. The molecule has 3 nitrogen and oxygen atoms in total. The molecule has 0 saturated carbocycles. The van der Waals surface area contributed by atoms with Crippen LogP contribution >= 0.6 is 11.3 Å². The van der Waals surface area contributed by atoms with Crippen molar-refractivity contribution in [3.8, 4) is 0 Å². The minimum Gasteiger partial charge on any atom is -0.477 e. The summed E-state index contributed by atoms with van der Waals surface area (Å²) in [6.07, 6.45) is 1.88. The fraction of sp³-hybridized carbons (Fsp3) is 0.333. The molecule has 0 atom stereocenters. The van der Waals surface area contributed by atoms with E-state index in [-0.39, 0.29) is 0 Å². The molecule has 1 rings (SSSR count). The van der Waals surface area contributed by atoms with Crippen molar-refractivity contribution in [1.29, 1.82) is 0 Å². The topological polar surface area (TPSA) is 50.2 Å². The van der Waals surface area contributed by atoms with Gasteiger partial charge in [-0.2, -0.15) is 0 Å². The lowest BCUT2D eigenvalue weighted by atomic mass is 10.3. The molecule has 0 bridgehead atoms. The highest BCUT2D eigenvalue weighted by Crippen LogP contribution is 2.19. The minimum absolute atomic E-state index is 0.326. The summed E-state index contributed by atoms with van der Waals surface area (Å²) < 4.78 is 0. The molecule has 0 amide bonds. The van der Waals surface area contributed by atoms with Gasteiger partial charge >= 0.3 is 5.97 Å². The fourth-order valence-corrected chi connectivity index (χ4v) is 1.89. The average molecular weight is 197 g/mol. The number of carboxylic acid groups (broad SMARTS) is 1. The summed E-state index contributed by atoms with van der Waals surface area (Å²) in [5.41, 5.74) is 1.70. The first-order chi connectivity index (χ1) is 6.00. The van der Waals surface area contributed by atoms with Crippen LogP contribution in [0, 0.1) is 6.92 Å². The van der Waals surface area contributed by atoms with Gasteiger partial charge in [0.05, 0.1) is 5.69 Å². The quantitative estimate of drug-likeness (QED) is 0.792. The maximum Gasteiger partial charge on any atom is 0.347 e. The van der Waals surface area contributed by atoms with Crippen molar-refractivity contribution >= 4 is 23.4 Å². The second kappa shape index (κ2) is 3.70. The van der Waals surface area contributed by atoms with Crippen LogP contribution in [0.4, 0.5) is 0 Å². The molecule has 13 heavy (non-hydrogen) atoms. The number of thiazole rings is 1. The summed E-state index contributed by atoms with van der Waals surface area (Å²) in [6.45, 7) is 5.62. The van der Waals surface area contributed by atoms with Crippen molar-refractivity contribution in [3.05, 3.63) is 21.2 Å². The summed E-state index contributed by atoms with van der Waals surface area (Å²) in [4.78, 5) is 15.1. The van der Waals surface area contributed by atoms with Gasteiger partial charge in [0.1, 0.15) is 9.88 Å². The van der Waals surface area contributed by atoms with Crippen molar-refractivity contribution in [3.63, 3.8) is 0 Å². The third-order valence-electron chi connectivity index (χ3n) is 1.42. The fourth-order valence-electron chi connectivity index (χ4n) is 0.924. The maximum absolute atomic E-state index is 10.7. The van der Waals surface area contributed by atoms with E-state index in [1.807, 2.05) is 19.9 Å². The third kappa shape index (κ3) is 2.39. The van der Waals surface area contributed by atoms with Crippen LogP contribution in [0.3, 0.4) is 0 Å². The molecule has 1 N–H and O–H groups in total. The van der Waals surface area contributed by atoms with Gasteiger partial charge in [-0.25, -0.2) is 9.78 Å². The highest BCUT2D eigenvalue weighted by molar-refractivity contribution is 7.14. The SMILES string of the molecule is CC(C)=Cc1nc(C)c(C(=O)O)s1. The molecule has 0 aliphatic rings. The van der Waals surface area contributed by atoms with Gasteiger partial charge in [-0.3, -0.25) is 0 Å². The Morgan fingerprint density at radius 3 is 2.54 bits per heavy atom. The van der Waals surface area contributed by atoms with Gasteiger partial charge in [-0.1, -0.05) is 5.57 Å². The Kier molecular flexibility index (Phi) is 2.83. The summed E-state index contributed by atoms with van der Waals surface area (Å²) >= 11 is 1.21. The Balaban J connectivity index is 3.09. The van der Waals surface area contributed by atoms with E-state index in [2.05, 4.69) is 4.98 Å². The number of carbonyl (C=O) groups is 1. The molecule has 1 heterocycles. The molecule has 0 saturated heterocycles. The number of nitrogens with zero attached hydrogens (tertiary/aromatic N) is 1. The highest BCUT2D eigenvalue weighted by Gasteiger charge is 2.12. The second-order valence-electron chi connectivity index (χ2n) is 2.99.